The van der Waals surface area contributed by atoms with Gasteiger partial charge in [-0.2, -0.15) is 0 Å². The summed E-state index contributed by atoms with van der Waals surface area (Å²) in [5, 5.41) is 0. The minimum Gasteiger partial charge on any atom is -0.481 e. The molecule has 1 aliphatic carbocycles. The number of ether oxygens (including phenoxy) is 1. The molecule has 3 heteroatoms. The highest BCUT2D eigenvalue weighted by Crippen LogP contribution is 2.33. The van der Waals surface area contributed by atoms with Crippen molar-refractivity contribution in [3.8, 4) is 5.75 Å². The lowest BCUT2D eigenvalue weighted by Gasteiger charge is -2.41. The molecule has 0 heterocycles. The van der Waals surface area contributed by atoms with Crippen LogP contribution in [0.2, 0.25) is 0 Å². The third kappa shape index (κ3) is 2.14. The Hall–Kier alpha value is -1.74. The molecule has 1 aromatic carbocycles. The number of hydrogen-bond donors (Lipinski definition) is 2. The van der Waals surface area contributed by atoms with E-state index in [4.69, 9.17) is 16.2 Å². The molecular formula is C15H20N2O. The Morgan fingerprint density at radius 2 is 1.89 bits per heavy atom. The highest BCUT2D eigenvalue weighted by atomic mass is 16.5. The van der Waals surface area contributed by atoms with Crippen molar-refractivity contribution in [2.24, 2.45) is 17.4 Å². The number of nitrogens with two attached hydrogens (primary N) is 2. The van der Waals surface area contributed by atoms with Gasteiger partial charge in [-0.25, -0.2) is 0 Å². The van der Waals surface area contributed by atoms with E-state index in [1.54, 1.807) is 0 Å². The minimum atomic E-state index is -0.583. The van der Waals surface area contributed by atoms with Crippen LogP contribution in [0.25, 0.3) is 0 Å². The molecule has 0 saturated carbocycles. The van der Waals surface area contributed by atoms with Crippen LogP contribution in [0.4, 0.5) is 0 Å². The predicted molar refractivity (Wildman–Crippen MR) is 74.0 cm³/mol. The molecule has 0 aliphatic heterocycles. The molecule has 2 atom stereocenters. The van der Waals surface area contributed by atoms with Crippen molar-refractivity contribution in [2.75, 3.05) is 0 Å². The molecule has 0 radical (unpaired) electrons. The number of hydrogen-bond acceptors (Lipinski definition) is 3. The molecule has 1 aliphatic rings. The van der Waals surface area contributed by atoms with Gasteiger partial charge in [0.1, 0.15) is 5.75 Å². The van der Waals surface area contributed by atoms with E-state index in [1.165, 1.54) is 0 Å². The normalized spacial score (nSPS) is 27.1. The number of rotatable bonds is 3. The van der Waals surface area contributed by atoms with E-state index in [-0.39, 0.29) is 12.0 Å². The average molecular weight is 244 g/mol. The maximum absolute atomic E-state index is 6.24. The van der Waals surface area contributed by atoms with E-state index >= 15 is 0 Å². The van der Waals surface area contributed by atoms with Crippen molar-refractivity contribution >= 4 is 0 Å². The van der Waals surface area contributed by atoms with E-state index in [2.05, 4.69) is 13.8 Å². The zero-order chi connectivity index (χ0) is 13.2. The van der Waals surface area contributed by atoms with Gasteiger partial charge in [-0.05, 0) is 30.2 Å². The third-order valence-electron chi connectivity index (χ3n) is 3.43. The zero-order valence-electron chi connectivity index (χ0n) is 10.8. The summed E-state index contributed by atoms with van der Waals surface area (Å²) in [6.45, 7) is 4.18. The predicted octanol–water partition coefficient (Wildman–Crippen LogP) is 2.20. The number of allylic oxidation sites excluding steroid dienone is 2. The number of benzene rings is 1. The van der Waals surface area contributed by atoms with Crippen molar-refractivity contribution in [1.29, 1.82) is 0 Å². The molecule has 2 unspecified atom stereocenters. The molecule has 0 amide bonds. The number of para-hydroxylation sites is 1. The second-order valence-electron chi connectivity index (χ2n) is 4.93. The van der Waals surface area contributed by atoms with Gasteiger partial charge in [-0.1, -0.05) is 38.1 Å². The fourth-order valence-corrected chi connectivity index (χ4v) is 2.24. The van der Waals surface area contributed by atoms with Gasteiger partial charge in [0.2, 0.25) is 0 Å². The third-order valence-corrected chi connectivity index (χ3v) is 3.43. The van der Waals surface area contributed by atoms with Crippen LogP contribution < -0.4 is 16.2 Å². The Morgan fingerprint density at radius 1 is 1.22 bits per heavy atom. The van der Waals surface area contributed by atoms with Crippen molar-refractivity contribution < 1.29 is 4.74 Å². The van der Waals surface area contributed by atoms with Crippen LogP contribution in [0, 0.1) is 5.92 Å². The Kier molecular flexibility index (Phi) is 3.43. The summed E-state index contributed by atoms with van der Waals surface area (Å²) in [7, 11) is 0. The van der Waals surface area contributed by atoms with Crippen LogP contribution >= 0.6 is 0 Å². The summed E-state index contributed by atoms with van der Waals surface area (Å²) >= 11 is 0. The smallest absolute Gasteiger partial charge is 0.150 e. The Morgan fingerprint density at radius 3 is 2.50 bits per heavy atom. The highest BCUT2D eigenvalue weighted by molar-refractivity contribution is 5.34. The van der Waals surface area contributed by atoms with Gasteiger partial charge in [-0.15, -0.1) is 0 Å². The Labute approximate surface area is 108 Å². The van der Waals surface area contributed by atoms with Gasteiger partial charge in [0, 0.05) is 5.70 Å². The molecule has 96 valence electrons. The summed E-state index contributed by atoms with van der Waals surface area (Å²) < 4.78 is 6.15. The molecule has 18 heavy (non-hydrogen) atoms. The van der Waals surface area contributed by atoms with Crippen molar-refractivity contribution in [1.82, 2.24) is 0 Å². The summed E-state index contributed by atoms with van der Waals surface area (Å²) in [4.78, 5) is 0. The van der Waals surface area contributed by atoms with E-state index in [0.29, 0.717) is 5.70 Å². The Bertz CT molecular complexity index is 465. The van der Waals surface area contributed by atoms with Crippen molar-refractivity contribution in [3.63, 3.8) is 0 Å². The lowest BCUT2D eigenvalue weighted by molar-refractivity contribution is 0.0527. The van der Waals surface area contributed by atoms with Crippen molar-refractivity contribution in [2.45, 2.75) is 25.5 Å². The second kappa shape index (κ2) is 4.86. The minimum absolute atomic E-state index is 0.219. The lowest BCUT2D eigenvalue weighted by atomic mass is 9.79. The van der Waals surface area contributed by atoms with E-state index in [0.717, 1.165) is 5.75 Å². The largest absolute Gasteiger partial charge is 0.481 e. The lowest BCUT2D eigenvalue weighted by Crippen LogP contribution is -2.57. The molecule has 2 rings (SSSR count). The van der Waals surface area contributed by atoms with Crippen LogP contribution in [0.5, 0.6) is 5.75 Å². The van der Waals surface area contributed by atoms with Crippen LogP contribution in [0.15, 0.2) is 54.3 Å². The molecule has 0 aromatic heterocycles. The van der Waals surface area contributed by atoms with Crippen LogP contribution in [0.1, 0.15) is 13.8 Å². The molecule has 0 fully saturated rings. The van der Waals surface area contributed by atoms with Gasteiger partial charge in [0.05, 0.1) is 6.04 Å². The van der Waals surface area contributed by atoms with Crippen LogP contribution in [0.3, 0.4) is 0 Å². The molecule has 4 N–H and O–H groups in total. The van der Waals surface area contributed by atoms with Gasteiger partial charge in [0.25, 0.3) is 0 Å². The van der Waals surface area contributed by atoms with Gasteiger partial charge < -0.3 is 16.2 Å². The quantitative estimate of drug-likeness (QED) is 0.857. The maximum Gasteiger partial charge on any atom is 0.150 e. The van der Waals surface area contributed by atoms with Gasteiger partial charge >= 0.3 is 0 Å². The first-order valence-electron chi connectivity index (χ1n) is 6.21. The summed E-state index contributed by atoms with van der Waals surface area (Å²) in [6, 6.07) is 9.38. The summed E-state index contributed by atoms with van der Waals surface area (Å²) in [5.41, 5.74) is 12.3. The van der Waals surface area contributed by atoms with Crippen LogP contribution in [-0.4, -0.2) is 11.6 Å². The topological polar surface area (TPSA) is 61.3 Å². The summed E-state index contributed by atoms with van der Waals surface area (Å²) in [6.07, 6.45) is 5.76. The molecule has 0 spiro atoms. The van der Waals surface area contributed by atoms with E-state index in [1.807, 2.05) is 48.6 Å². The monoisotopic (exact) mass is 244 g/mol. The molecule has 1 aromatic rings. The maximum atomic E-state index is 6.24. The molecule has 0 bridgehead atoms. The second-order valence-corrected chi connectivity index (χ2v) is 4.93. The molecule has 0 saturated heterocycles. The fourth-order valence-electron chi connectivity index (χ4n) is 2.24. The van der Waals surface area contributed by atoms with Gasteiger partial charge in [-0.3, -0.25) is 0 Å². The first-order chi connectivity index (χ1) is 8.56. The van der Waals surface area contributed by atoms with Crippen molar-refractivity contribution in [3.05, 3.63) is 54.3 Å². The Balaban J connectivity index is 2.35. The molecule has 3 nitrogen and oxygen atoms in total. The average Bonchev–Trinajstić information content (AvgIpc) is 2.36. The highest BCUT2D eigenvalue weighted by Gasteiger charge is 2.42. The zero-order valence-corrected chi connectivity index (χ0v) is 10.8. The fraction of sp³-hybridized carbons (Fsp3) is 0.333. The molecular weight excluding hydrogens is 224 g/mol. The van der Waals surface area contributed by atoms with Gasteiger partial charge in [0.15, 0.2) is 5.60 Å². The standard InChI is InChI=1S/C15H20N2O/c1-11(2)15(10-6-9-13(16)14(15)17)18-12-7-4-3-5-8-12/h3-11,14H,16-17H2,1-2H3. The van der Waals surface area contributed by atoms with E-state index < -0.39 is 5.60 Å². The first kappa shape index (κ1) is 12.7. The SMILES string of the molecule is CC(C)C1(Oc2ccccc2)C=CC=C(N)C1N. The van der Waals surface area contributed by atoms with Crippen LogP contribution in [-0.2, 0) is 0 Å². The van der Waals surface area contributed by atoms with E-state index in [9.17, 15) is 0 Å². The first-order valence-corrected chi connectivity index (χ1v) is 6.21. The summed E-state index contributed by atoms with van der Waals surface area (Å²) in [5.74, 6) is 1.03.